The van der Waals surface area contributed by atoms with E-state index < -0.39 is 0 Å². The van der Waals surface area contributed by atoms with Crippen LogP contribution in [0.2, 0.25) is 0 Å². The van der Waals surface area contributed by atoms with Crippen LogP contribution in [0.3, 0.4) is 0 Å². The van der Waals surface area contributed by atoms with Crippen molar-refractivity contribution in [3.05, 3.63) is 12.2 Å². The fourth-order valence-electron chi connectivity index (χ4n) is 2.47. The predicted molar refractivity (Wildman–Crippen MR) is 93.5 cm³/mol. The highest BCUT2D eigenvalue weighted by Crippen LogP contribution is 2.09. The van der Waals surface area contributed by atoms with Crippen LogP contribution in [0.25, 0.3) is 0 Å². The monoisotopic (exact) mass is 295 g/mol. The summed E-state index contributed by atoms with van der Waals surface area (Å²) in [5.74, 6) is 0.208. The van der Waals surface area contributed by atoms with E-state index in [1.165, 1.54) is 70.6 Å². The van der Waals surface area contributed by atoms with E-state index in [1.54, 1.807) is 0 Å². The van der Waals surface area contributed by atoms with Gasteiger partial charge in [-0.3, -0.25) is 4.79 Å². The first kappa shape index (κ1) is 20.2. The summed E-state index contributed by atoms with van der Waals surface area (Å²) >= 11 is 0. The van der Waals surface area contributed by atoms with Gasteiger partial charge in [-0.05, 0) is 39.0 Å². The normalized spacial score (nSPS) is 11.1. The van der Waals surface area contributed by atoms with Gasteiger partial charge in [-0.25, -0.2) is 0 Å². The van der Waals surface area contributed by atoms with Crippen molar-refractivity contribution in [3.8, 4) is 0 Å². The van der Waals surface area contributed by atoms with Crippen molar-refractivity contribution in [2.24, 2.45) is 0 Å². The van der Waals surface area contributed by atoms with Gasteiger partial charge in [-0.2, -0.15) is 0 Å². The SMILES string of the molecule is CCCCCCC/C=C\CCCCCCCC(=O)NCC. The summed E-state index contributed by atoms with van der Waals surface area (Å²) in [6.45, 7) is 4.99. The summed E-state index contributed by atoms with van der Waals surface area (Å²) < 4.78 is 0. The molecule has 21 heavy (non-hydrogen) atoms. The van der Waals surface area contributed by atoms with Crippen LogP contribution in [-0.2, 0) is 4.79 Å². The smallest absolute Gasteiger partial charge is 0.219 e. The molecule has 1 N–H and O–H groups in total. The molecule has 0 bridgehead atoms. The number of hydrogen-bond donors (Lipinski definition) is 1. The molecule has 0 spiro atoms. The number of carbonyl (C=O) groups excluding carboxylic acids is 1. The van der Waals surface area contributed by atoms with Gasteiger partial charge in [0, 0.05) is 13.0 Å². The Labute approximate surface area is 132 Å². The van der Waals surface area contributed by atoms with Crippen LogP contribution in [0.1, 0.15) is 97.3 Å². The van der Waals surface area contributed by atoms with E-state index in [4.69, 9.17) is 0 Å². The Morgan fingerprint density at radius 1 is 0.762 bits per heavy atom. The average Bonchev–Trinajstić information content (AvgIpc) is 2.48. The number of carbonyl (C=O) groups is 1. The maximum Gasteiger partial charge on any atom is 0.219 e. The van der Waals surface area contributed by atoms with Gasteiger partial charge in [0.15, 0.2) is 0 Å². The van der Waals surface area contributed by atoms with Crippen LogP contribution in [0.15, 0.2) is 12.2 Å². The quantitative estimate of drug-likeness (QED) is 0.301. The second kappa shape index (κ2) is 17.3. The van der Waals surface area contributed by atoms with Crippen LogP contribution in [0, 0.1) is 0 Å². The van der Waals surface area contributed by atoms with Crippen LogP contribution in [-0.4, -0.2) is 12.5 Å². The molecule has 0 aromatic heterocycles. The Balaban J connectivity index is 3.12. The van der Waals surface area contributed by atoms with Crippen LogP contribution in [0.5, 0.6) is 0 Å². The van der Waals surface area contributed by atoms with Gasteiger partial charge in [-0.1, -0.05) is 64.0 Å². The molecule has 2 nitrogen and oxygen atoms in total. The second-order valence-electron chi connectivity index (χ2n) is 5.93. The zero-order valence-electron chi connectivity index (χ0n) is 14.5. The molecule has 0 unspecified atom stereocenters. The van der Waals surface area contributed by atoms with E-state index in [0.717, 1.165) is 13.0 Å². The van der Waals surface area contributed by atoms with Gasteiger partial charge in [0.25, 0.3) is 0 Å². The second-order valence-corrected chi connectivity index (χ2v) is 5.93. The highest BCUT2D eigenvalue weighted by molar-refractivity contribution is 5.75. The van der Waals surface area contributed by atoms with Crippen LogP contribution in [0.4, 0.5) is 0 Å². The van der Waals surface area contributed by atoms with Crippen molar-refractivity contribution in [1.82, 2.24) is 5.32 Å². The molecular formula is C19H37NO. The van der Waals surface area contributed by atoms with E-state index in [-0.39, 0.29) is 5.91 Å². The number of amides is 1. The number of hydrogen-bond acceptors (Lipinski definition) is 1. The largest absolute Gasteiger partial charge is 0.356 e. The third kappa shape index (κ3) is 17.2. The van der Waals surface area contributed by atoms with E-state index in [0.29, 0.717) is 6.42 Å². The molecule has 0 atom stereocenters. The molecule has 0 aliphatic rings. The Bertz CT molecular complexity index is 248. The zero-order chi connectivity index (χ0) is 15.6. The van der Waals surface area contributed by atoms with Crippen molar-refractivity contribution in [2.75, 3.05) is 6.54 Å². The Morgan fingerprint density at radius 2 is 1.29 bits per heavy atom. The Kier molecular flexibility index (Phi) is 16.6. The van der Waals surface area contributed by atoms with Gasteiger partial charge in [-0.15, -0.1) is 0 Å². The van der Waals surface area contributed by atoms with Gasteiger partial charge in [0.2, 0.25) is 5.91 Å². The fourth-order valence-corrected chi connectivity index (χ4v) is 2.47. The van der Waals surface area contributed by atoms with Crippen molar-refractivity contribution in [2.45, 2.75) is 97.3 Å². The molecule has 1 amide bonds. The van der Waals surface area contributed by atoms with Crippen molar-refractivity contribution in [1.29, 1.82) is 0 Å². The number of rotatable bonds is 15. The van der Waals surface area contributed by atoms with E-state index in [2.05, 4.69) is 24.4 Å². The van der Waals surface area contributed by atoms with Gasteiger partial charge >= 0.3 is 0 Å². The Hall–Kier alpha value is -0.790. The third-order valence-electron chi connectivity index (χ3n) is 3.79. The molecular weight excluding hydrogens is 258 g/mol. The average molecular weight is 296 g/mol. The summed E-state index contributed by atoms with van der Waals surface area (Å²) in [5.41, 5.74) is 0. The van der Waals surface area contributed by atoms with Crippen molar-refractivity contribution < 1.29 is 4.79 Å². The van der Waals surface area contributed by atoms with Crippen LogP contribution >= 0.6 is 0 Å². The molecule has 0 aliphatic carbocycles. The van der Waals surface area contributed by atoms with Gasteiger partial charge < -0.3 is 5.32 Å². The molecule has 0 saturated heterocycles. The minimum atomic E-state index is 0.208. The van der Waals surface area contributed by atoms with Gasteiger partial charge in [0.05, 0.1) is 0 Å². The lowest BCUT2D eigenvalue weighted by atomic mass is 10.1. The van der Waals surface area contributed by atoms with E-state index in [1.807, 2.05) is 6.92 Å². The number of unbranched alkanes of at least 4 members (excludes halogenated alkanes) is 10. The first-order chi connectivity index (χ1) is 10.3. The minimum absolute atomic E-state index is 0.208. The highest BCUT2D eigenvalue weighted by Gasteiger charge is 1.98. The van der Waals surface area contributed by atoms with Crippen molar-refractivity contribution in [3.63, 3.8) is 0 Å². The van der Waals surface area contributed by atoms with Crippen molar-refractivity contribution >= 4 is 5.91 Å². The molecule has 0 saturated carbocycles. The minimum Gasteiger partial charge on any atom is -0.356 e. The lowest BCUT2D eigenvalue weighted by molar-refractivity contribution is -0.121. The van der Waals surface area contributed by atoms with E-state index >= 15 is 0 Å². The summed E-state index contributed by atoms with van der Waals surface area (Å²) in [6.07, 6.45) is 20.9. The molecule has 0 aliphatic heterocycles. The molecule has 0 rings (SSSR count). The lowest BCUT2D eigenvalue weighted by Crippen LogP contribution is -2.21. The zero-order valence-corrected chi connectivity index (χ0v) is 14.5. The molecule has 124 valence electrons. The summed E-state index contributed by atoms with van der Waals surface area (Å²) in [7, 11) is 0. The van der Waals surface area contributed by atoms with Crippen LogP contribution < -0.4 is 5.32 Å². The molecule has 0 aromatic rings. The summed E-state index contributed by atoms with van der Waals surface area (Å²) in [4.78, 5) is 11.2. The first-order valence-electron chi connectivity index (χ1n) is 9.23. The van der Waals surface area contributed by atoms with E-state index in [9.17, 15) is 4.79 Å². The van der Waals surface area contributed by atoms with Gasteiger partial charge in [0.1, 0.15) is 0 Å². The number of allylic oxidation sites excluding steroid dienone is 2. The number of nitrogens with one attached hydrogen (secondary N) is 1. The predicted octanol–water partition coefficient (Wildman–Crippen LogP) is 5.77. The fraction of sp³-hybridized carbons (Fsp3) is 0.842. The Morgan fingerprint density at radius 3 is 1.86 bits per heavy atom. The molecule has 2 heteroatoms. The molecule has 0 radical (unpaired) electrons. The lowest BCUT2D eigenvalue weighted by Gasteiger charge is -2.02. The maximum atomic E-state index is 11.2. The summed E-state index contributed by atoms with van der Waals surface area (Å²) in [6, 6.07) is 0. The first-order valence-corrected chi connectivity index (χ1v) is 9.23. The molecule has 0 heterocycles. The summed E-state index contributed by atoms with van der Waals surface area (Å²) in [5, 5.41) is 2.84. The molecule has 0 aromatic carbocycles. The standard InChI is InChI=1S/C19H37NO/c1-3-5-6-7-8-9-10-11-12-13-14-15-16-17-18-19(21)20-4-2/h10-11H,3-9,12-18H2,1-2H3,(H,20,21)/b11-10-. The topological polar surface area (TPSA) is 29.1 Å². The highest BCUT2D eigenvalue weighted by atomic mass is 16.1. The molecule has 0 fully saturated rings. The third-order valence-corrected chi connectivity index (χ3v) is 3.79. The maximum absolute atomic E-state index is 11.2.